The number of aliphatic hydroxyl groups is 1. The van der Waals surface area contributed by atoms with Crippen molar-refractivity contribution in [1.29, 1.82) is 0 Å². The molecule has 0 atom stereocenters. The minimum absolute atomic E-state index is 0.0154. The molecule has 1 aliphatic rings. The fraction of sp³-hybridized carbons (Fsp3) is 0.367. The predicted molar refractivity (Wildman–Crippen MR) is 155 cm³/mol. The molecule has 1 amide bonds. The highest BCUT2D eigenvalue weighted by Gasteiger charge is 2.32. The van der Waals surface area contributed by atoms with Gasteiger partial charge in [-0.2, -0.15) is 5.10 Å². The van der Waals surface area contributed by atoms with Crippen molar-refractivity contribution in [2.24, 2.45) is 11.8 Å². The highest BCUT2D eigenvalue weighted by molar-refractivity contribution is 7.14. The molecule has 1 fully saturated rings. The Balaban J connectivity index is 1.67. The molecule has 194 valence electrons. The average Bonchev–Trinajstić information content (AvgIpc) is 3.50. The van der Waals surface area contributed by atoms with Crippen molar-refractivity contribution in [2.75, 3.05) is 4.90 Å². The van der Waals surface area contributed by atoms with E-state index in [0.29, 0.717) is 16.5 Å². The normalized spacial score (nSPS) is 18.8. The number of thiophene rings is 1. The standard InChI is InChI=1S/C30H36N4O2S/c1-7-23(14-11-21(5)25-17-28-31-15-8-16-33(28)32-25)27-18-26(29(37-27)22(6)35)34(19(2)3)30(36)24-12-9-20(4)10-13-24/h7-8,11,14-20,24,35H,1,6,9-10,12-13H2,2-5H3/b21-11+,23-14+. The Hall–Kier alpha value is -3.45. The molecule has 6 nitrogen and oxygen atoms in total. The molecule has 3 aromatic heterocycles. The van der Waals surface area contributed by atoms with Crippen LogP contribution in [0.1, 0.15) is 68.8 Å². The van der Waals surface area contributed by atoms with Crippen molar-refractivity contribution in [1.82, 2.24) is 14.6 Å². The van der Waals surface area contributed by atoms with E-state index in [4.69, 9.17) is 0 Å². The van der Waals surface area contributed by atoms with Crippen LogP contribution < -0.4 is 4.90 Å². The molecular formula is C30H36N4O2S. The third kappa shape index (κ3) is 5.77. The fourth-order valence-corrected chi connectivity index (χ4v) is 5.88. The SMILES string of the molecule is C=C/C(=C\C=C(/C)c1cc2ncccn2n1)c1cc(N(C(=O)C2CCC(C)CC2)C(C)C)c(C(=C)O)s1. The van der Waals surface area contributed by atoms with Gasteiger partial charge in [0, 0.05) is 35.3 Å². The van der Waals surface area contributed by atoms with Gasteiger partial charge in [0.05, 0.1) is 16.3 Å². The molecule has 0 spiro atoms. The summed E-state index contributed by atoms with van der Waals surface area (Å²) in [5, 5.41) is 15.1. The summed E-state index contributed by atoms with van der Waals surface area (Å²) in [6.07, 6.45) is 13.4. The first-order valence-electron chi connectivity index (χ1n) is 12.9. The van der Waals surface area contributed by atoms with Crippen molar-refractivity contribution in [2.45, 2.75) is 59.4 Å². The summed E-state index contributed by atoms with van der Waals surface area (Å²) in [4.78, 5) is 21.4. The van der Waals surface area contributed by atoms with Crippen molar-refractivity contribution < 1.29 is 9.90 Å². The first kappa shape index (κ1) is 26.6. The molecule has 0 aliphatic heterocycles. The molecule has 4 rings (SSSR count). The maximum atomic E-state index is 13.7. The third-order valence-electron chi connectivity index (χ3n) is 7.01. The van der Waals surface area contributed by atoms with Crippen molar-refractivity contribution in [3.63, 3.8) is 0 Å². The summed E-state index contributed by atoms with van der Waals surface area (Å²) >= 11 is 1.42. The second-order valence-electron chi connectivity index (χ2n) is 10.2. The molecule has 0 unspecified atom stereocenters. The van der Waals surface area contributed by atoms with E-state index in [1.807, 2.05) is 62.2 Å². The molecule has 1 aliphatic carbocycles. The van der Waals surface area contributed by atoms with Gasteiger partial charge in [0.2, 0.25) is 5.91 Å². The van der Waals surface area contributed by atoms with Crippen LogP contribution in [-0.2, 0) is 4.79 Å². The van der Waals surface area contributed by atoms with Crippen molar-refractivity contribution in [3.8, 4) is 0 Å². The van der Waals surface area contributed by atoms with Gasteiger partial charge in [-0.1, -0.05) is 38.3 Å². The van der Waals surface area contributed by atoms with Gasteiger partial charge in [-0.05, 0) is 75.7 Å². The lowest BCUT2D eigenvalue weighted by Crippen LogP contribution is -2.42. The number of anilines is 1. The first-order chi connectivity index (χ1) is 17.7. The third-order valence-corrected chi connectivity index (χ3v) is 8.23. The Morgan fingerprint density at radius 2 is 1.97 bits per heavy atom. The second-order valence-corrected chi connectivity index (χ2v) is 11.2. The fourth-order valence-electron chi connectivity index (χ4n) is 4.84. The lowest BCUT2D eigenvalue weighted by Gasteiger charge is -2.33. The molecule has 1 saturated carbocycles. The number of allylic oxidation sites excluding steroid dienone is 5. The van der Waals surface area contributed by atoms with Gasteiger partial charge in [-0.15, -0.1) is 11.3 Å². The van der Waals surface area contributed by atoms with Gasteiger partial charge in [0.25, 0.3) is 0 Å². The molecule has 0 bridgehead atoms. The summed E-state index contributed by atoms with van der Waals surface area (Å²) in [5.41, 5.74) is 4.22. The number of rotatable bonds is 8. The zero-order valence-corrected chi connectivity index (χ0v) is 23.0. The second kappa shape index (κ2) is 11.3. The number of hydrogen-bond acceptors (Lipinski definition) is 5. The van der Waals surface area contributed by atoms with Crippen LogP contribution in [0.5, 0.6) is 0 Å². The van der Waals surface area contributed by atoms with Crippen LogP contribution in [0, 0.1) is 11.8 Å². The van der Waals surface area contributed by atoms with Crippen LogP contribution >= 0.6 is 11.3 Å². The molecule has 0 saturated heterocycles. The summed E-state index contributed by atoms with van der Waals surface area (Å²) in [5.74, 6) is 0.788. The highest BCUT2D eigenvalue weighted by Crippen LogP contribution is 2.40. The van der Waals surface area contributed by atoms with Crippen molar-refractivity contribution >= 4 is 45.5 Å². The van der Waals surface area contributed by atoms with Gasteiger partial charge in [0.1, 0.15) is 5.76 Å². The Kier molecular flexibility index (Phi) is 8.13. The number of amides is 1. The lowest BCUT2D eigenvalue weighted by atomic mass is 9.82. The number of hydrogen-bond donors (Lipinski definition) is 1. The zero-order valence-electron chi connectivity index (χ0n) is 22.1. The average molecular weight is 517 g/mol. The van der Waals surface area contributed by atoms with Crippen LogP contribution in [0.2, 0.25) is 0 Å². The van der Waals surface area contributed by atoms with E-state index in [1.165, 1.54) is 11.3 Å². The van der Waals surface area contributed by atoms with Gasteiger partial charge in [-0.25, -0.2) is 9.50 Å². The van der Waals surface area contributed by atoms with Crippen LogP contribution in [0.25, 0.3) is 22.6 Å². The monoisotopic (exact) mass is 516 g/mol. The van der Waals surface area contributed by atoms with Crippen LogP contribution in [-0.4, -0.2) is 31.7 Å². The molecular weight excluding hydrogens is 480 g/mol. The van der Waals surface area contributed by atoms with Gasteiger partial charge >= 0.3 is 0 Å². The number of carbonyl (C=O) groups excluding carboxylic acids is 1. The summed E-state index contributed by atoms with van der Waals surface area (Å²) in [6, 6.07) is 5.73. The van der Waals surface area contributed by atoms with Crippen LogP contribution in [0.15, 0.2) is 62.0 Å². The molecule has 37 heavy (non-hydrogen) atoms. The Labute approximate surface area is 223 Å². The van der Waals surface area contributed by atoms with Crippen LogP contribution in [0.4, 0.5) is 5.69 Å². The van der Waals surface area contributed by atoms with Gasteiger partial charge in [0.15, 0.2) is 5.65 Å². The summed E-state index contributed by atoms with van der Waals surface area (Å²) in [7, 11) is 0. The Morgan fingerprint density at radius 3 is 2.59 bits per heavy atom. The summed E-state index contributed by atoms with van der Waals surface area (Å²) in [6.45, 7) is 16.1. The number of fused-ring (bicyclic) bond motifs is 1. The maximum absolute atomic E-state index is 13.7. The van der Waals surface area contributed by atoms with E-state index >= 15 is 0 Å². The van der Waals surface area contributed by atoms with Gasteiger partial charge in [-0.3, -0.25) is 4.79 Å². The van der Waals surface area contributed by atoms with E-state index in [2.05, 4.69) is 30.2 Å². The number of carbonyl (C=O) groups is 1. The maximum Gasteiger partial charge on any atom is 0.230 e. The van der Waals surface area contributed by atoms with E-state index in [0.717, 1.165) is 53.0 Å². The number of nitrogens with zero attached hydrogens (tertiary/aromatic N) is 4. The van der Waals surface area contributed by atoms with E-state index in [9.17, 15) is 9.90 Å². The smallest absolute Gasteiger partial charge is 0.230 e. The quantitative estimate of drug-likeness (QED) is 0.248. The molecule has 3 heterocycles. The van der Waals surface area contributed by atoms with E-state index < -0.39 is 0 Å². The summed E-state index contributed by atoms with van der Waals surface area (Å²) < 4.78 is 1.75. The molecule has 3 aromatic rings. The number of aliphatic hydroxyl groups excluding tert-OH is 1. The largest absolute Gasteiger partial charge is 0.507 e. The first-order valence-corrected chi connectivity index (χ1v) is 13.7. The molecule has 0 radical (unpaired) electrons. The minimum Gasteiger partial charge on any atom is -0.507 e. The number of aromatic nitrogens is 3. The topological polar surface area (TPSA) is 70.7 Å². The van der Waals surface area contributed by atoms with Gasteiger partial charge < -0.3 is 10.0 Å². The highest BCUT2D eigenvalue weighted by atomic mass is 32.1. The minimum atomic E-state index is -0.0469. The van der Waals surface area contributed by atoms with Crippen LogP contribution in [0.3, 0.4) is 0 Å². The molecule has 0 aromatic carbocycles. The predicted octanol–water partition coefficient (Wildman–Crippen LogP) is 7.56. The lowest BCUT2D eigenvalue weighted by molar-refractivity contribution is -0.123. The van der Waals surface area contributed by atoms with E-state index in [-0.39, 0.29) is 23.6 Å². The Morgan fingerprint density at radius 1 is 1.24 bits per heavy atom. The van der Waals surface area contributed by atoms with Crippen molar-refractivity contribution in [3.05, 3.63) is 77.4 Å². The Bertz CT molecular complexity index is 1340. The van der Waals surface area contributed by atoms with E-state index in [1.54, 1.807) is 16.8 Å². The molecule has 7 heteroatoms. The molecule has 1 N–H and O–H groups in total. The zero-order chi connectivity index (χ0) is 26.7.